The number of nitrogens with two attached hydrogens (primary N) is 1. The molecule has 0 spiro atoms. The van der Waals surface area contributed by atoms with Gasteiger partial charge in [-0.15, -0.1) is 0 Å². The van der Waals surface area contributed by atoms with E-state index < -0.39 is 17.3 Å². The van der Waals surface area contributed by atoms with Gasteiger partial charge in [-0.05, 0) is 24.3 Å². The van der Waals surface area contributed by atoms with Gasteiger partial charge in [-0.2, -0.15) is 5.26 Å². The maximum absolute atomic E-state index is 14.8. The molecule has 4 atom stereocenters. The summed E-state index contributed by atoms with van der Waals surface area (Å²) in [4.78, 5) is 17.8. The molecule has 7 nitrogen and oxygen atoms in total. The zero-order chi connectivity index (χ0) is 20.2. The quantitative estimate of drug-likeness (QED) is 0.853. The standard InChI is InChI=1S/C21H19FN4O3/c22-18-5-13(26-8-14(6-23)29-20(26)27)2-3-15(18)12-1-4-19(25-7-12)21(11-24)16-9-28-10-17(16)21/h1-5,7,14,16-17H,6,8-10,23H2/t14-,16-,17+,21?/m0/s1. The van der Waals surface area contributed by atoms with Crippen molar-refractivity contribution in [2.45, 2.75) is 11.5 Å². The molecular formula is C21H19FN4O3. The Morgan fingerprint density at radius 3 is 2.69 bits per heavy atom. The third kappa shape index (κ3) is 2.62. The molecule has 1 aliphatic carbocycles. The van der Waals surface area contributed by atoms with Crippen LogP contribution in [-0.4, -0.2) is 43.5 Å². The number of carbonyl (C=O) groups is 1. The van der Waals surface area contributed by atoms with E-state index in [2.05, 4.69) is 11.1 Å². The Hall–Kier alpha value is -3.02. The van der Waals surface area contributed by atoms with Gasteiger partial charge in [-0.25, -0.2) is 9.18 Å². The first-order valence-corrected chi connectivity index (χ1v) is 9.52. The number of rotatable bonds is 4. The number of halogens is 1. The van der Waals surface area contributed by atoms with Crippen molar-refractivity contribution in [3.05, 3.63) is 48.0 Å². The van der Waals surface area contributed by atoms with Crippen LogP contribution < -0.4 is 10.6 Å². The molecule has 0 bridgehead atoms. The largest absolute Gasteiger partial charge is 0.443 e. The van der Waals surface area contributed by atoms with E-state index in [-0.39, 0.29) is 24.5 Å². The minimum atomic E-state index is -0.575. The Kier molecular flexibility index (Phi) is 4.05. The topological polar surface area (TPSA) is 101 Å². The van der Waals surface area contributed by atoms with E-state index in [4.69, 9.17) is 15.2 Å². The van der Waals surface area contributed by atoms with Crippen molar-refractivity contribution in [3.63, 3.8) is 0 Å². The van der Waals surface area contributed by atoms with E-state index in [0.29, 0.717) is 42.3 Å². The number of hydrogen-bond donors (Lipinski definition) is 1. The zero-order valence-electron chi connectivity index (χ0n) is 15.5. The van der Waals surface area contributed by atoms with Crippen molar-refractivity contribution in [1.82, 2.24) is 4.98 Å². The molecular weight excluding hydrogens is 375 g/mol. The first-order chi connectivity index (χ1) is 14.1. The van der Waals surface area contributed by atoms with Gasteiger partial charge in [0.25, 0.3) is 0 Å². The summed E-state index contributed by atoms with van der Waals surface area (Å²) < 4.78 is 25.3. The van der Waals surface area contributed by atoms with Crippen LogP contribution in [0, 0.1) is 29.0 Å². The second kappa shape index (κ2) is 6.51. The number of benzene rings is 1. The number of carbonyl (C=O) groups excluding carboxylic acids is 1. The summed E-state index contributed by atoms with van der Waals surface area (Å²) in [6, 6.07) is 10.6. The van der Waals surface area contributed by atoms with Crippen molar-refractivity contribution in [2.75, 3.05) is 31.2 Å². The van der Waals surface area contributed by atoms with Gasteiger partial charge in [0.2, 0.25) is 0 Å². The third-order valence-electron chi connectivity index (χ3n) is 6.23. The minimum Gasteiger partial charge on any atom is -0.443 e. The van der Waals surface area contributed by atoms with Crippen LogP contribution in [0.5, 0.6) is 0 Å². The number of nitriles is 1. The first-order valence-electron chi connectivity index (χ1n) is 9.52. The summed E-state index contributed by atoms with van der Waals surface area (Å²) in [5, 5.41) is 9.68. The maximum atomic E-state index is 14.8. The smallest absolute Gasteiger partial charge is 0.414 e. The van der Waals surface area contributed by atoms with Gasteiger partial charge in [0, 0.05) is 35.7 Å². The number of amides is 1. The molecule has 2 aliphatic heterocycles. The Balaban J connectivity index is 1.39. The number of fused-ring (bicyclic) bond motifs is 1. The van der Waals surface area contributed by atoms with Crippen LogP contribution in [0.2, 0.25) is 0 Å². The van der Waals surface area contributed by atoms with E-state index in [1.807, 2.05) is 0 Å². The maximum Gasteiger partial charge on any atom is 0.414 e. The number of hydrogen-bond acceptors (Lipinski definition) is 6. The number of aromatic nitrogens is 1. The first kappa shape index (κ1) is 18.0. The van der Waals surface area contributed by atoms with E-state index in [1.54, 1.807) is 30.5 Å². The summed E-state index contributed by atoms with van der Waals surface area (Å²) in [6.07, 6.45) is 0.678. The highest BCUT2D eigenvalue weighted by atomic mass is 19.1. The SMILES string of the molecule is N#CC1(c2ccc(-c3ccc(N4C[C@H](CN)OC4=O)cc3F)cn2)[C@@H]2COC[C@@H]21. The lowest BCUT2D eigenvalue weighted by Crippen LogP contribution is -2.27. The molecule has 8 heteroatoms. The molecule has 29 heavy (non-hydrogen) atoms. The second-order valence-electron chi connectivity index (χ2n) is 7.68. The summed E-state index contributed by atoms with van der Waals surface area (Å²) in [7, 11) is 0. The number of cyclic esters (lactones) is 1. The lowest BCUT2D eigenvalue weighted by atomic mass is 9.96. The third-order valence-corrected chi connectivity index (χ3v) is 6.23. The van der Waals surface area contributed by atoms with Crippen LogP contribution in [0.1, 0.15) is 5.69 Å². The Labute approximate surface area is 166 Å². The van der Waals surface area contributed by atoms with Crippen molar-refractivity contribution >= 4 is 11.8 Å². The van der Waals surface area contributed by atoms with Gasteiger partial charge >= 0.3 is 6.09 Å². The molecule has 3 heterocycles. The molecule has 1 unspecified atom stereocenters. The molecule has 1 amide bonds. The predicted octanol–water partition coefficient (Wildman–Crippen LogP) is 2.21. The second-order valence-corrected chi connectivity index (χ2v) is 7.68. The molecule has 0 radical (unpaired) electrons. The summed E-state index contributed by atoms with van der Waals surface area (Å²) in [5.74, 6) is -0.0772. The van der Waals surface area contributed by atoms with Crippen LogP contribution >= 0.6 is 0 Å². The molecule has 3 aliphatic rings. The molecule has 1 aromatic heterocycles. The lowest BCUT2D eigenvalue weighted by molar-refractivity contribution is 0.145. The molecule has 5 rings (SSSR count). The fourth-order valence-electron chi connectivity index (χ4n) is 4.52. The molecule has 1 aromatic carbocycles. The summed E-state index contributed by atoms with van der Waals surface area (Å²) in [5.41, 5.74) is 7.09. The highest BCUT2D eigenvalue weighted by Crippen LogP contribution is 2.62. The van der Waals surface area contributed by atoms with E-state index in [1.165, 1.54) is 11.0 Å². The van der Waals surface area contributed by atoms with Crippen LogP contribution in [0.4, 0.5) is 14.9 Å². The Morgan fingerprint density at radius 2 is 2.10 bits per heavy atom. The van der Waals surface area contributed by atoms with Crippen molar-refractivity contribution in [2.24, 2.45) is 17.6 Å². The molecule has 2 aromatic rings. The lowest BCUT2D eigenvalue weighted by Gasteiger charge is -2.15. The average molecular weight is 394 g/mol. The van der Waals surface area contributed by atoms with E-state index >= 15 is 0 Å². The van der Waals surface area contributed by atoms with Gasteiger partial charge in [0.05, 0.1) is 37.2 Å². The van der Waals surface area contributed by atoms with Gasteiger partial charge in [0.15, 0.2) is 0 Å². The van der Waals surface area contributed by atoms with Crippen LogP contribution in [0.25, 0.3) is 11.1 Å². The van der Waals surface area contributed by atoms with Gasteiger partial charge in [-0.1, -0.05) is 6.07 Å². The van der Waals surface area contributed by atoms with Gasteiger partial charge in [-0.3, -0.25) is 9.88 Å². The van der Waals surface area contributed by atoms with Crippen LogP contribution in [0.3, 0.4) is 0 Å². The number of pyridine rings is 1. The van der Waals surface area contributed by atoms with E-state index in [0.717, 1.165) is 0 Å². The van der Waals surface area contributed by atoms with Gasteiger partial charge < -0.3 is 15.2 Å². The highest BCUT2D eigenvalue weighted by Gasteiger charge is 2.70. The molecule has 148 valence electrons. The average Bonchev–Trinajstić information content (AvgIpc) is 3.06. The Bertz CT molecular complexity index is 1010. The monoisotopic (exact) mass is 394 g/mol. The van der Waals surface area contributed by atoms with Crippen molar-refractivity contribution in [1.29, 1.82) is 5.26 Å². The number of ether oxygens (including phenoxy) is 2. The summed E-state index contributed by atoms with van der Waals surface area (Å²) in [6.45, 7) is 1.69. The molecule has 2 N–H and O–H groups in total. The van der Waals surface area contributed by atoms with Crippen molar-refractivity contribution in [3.8, 4) is 17.2 Å². The van der Waals surface area contributed by atoms with Crippen LogP contribution in [0.15, 0.2) is 36.5 Å². The number of anilines is 1. The van der Waals surface area contributed by atoms with Gasteiger partial charge in [0.1, 0.15) is 17.3 Å². The van der Waals surface area contributed by atoms with Crippen molar-refractivity contribution < 1.29 is 18.7 Å². The Morgan fingerprint density at radius 1 is 1.31 bits per heavy atom. The highest BCUT2D eigenvalue weighted by molar-refractivity contribution is 5.90. The fraction of sp³-hybridized carbons (Fsp3) is 0.381. The van der Waals surface area contributed by atoms with Crippen LogP contribution in [-0.2, 0) is 14.9 Å². The predicted molar refractivity (Wildman–Crippen MR) is 101 cm³/mol. The summed E-state index contributed by atoms with van der Waals surface area (Å²) >= 11 is 0. The fourth-order valence-corrected chi connectivity index (χ4v) is 4.52. The molecule has 3 fully saturated rings. The number of nitrogens with zero attached hydrogens (tertiary/aromatic N) is 3. The van der Waals surface area contributed by atoms with E-state index in [9.17, 15) is 14.4 Å². The normalized spacial score (nSPS) is 30.0. The molecule has 1 saturated carbocycles. The minimum absolute atomic E-state index is 0.194. The zero-order valence-corrected chi connectivity index (χ0v) is 15.5. The molecule has 2 saturated heterocycles.